The maximum absolute atomic E-state index is 11.1. The smallest absolute Gasteiger partial charge is 0.306 e. The summed E-state index contributed by atoms with van der Waals surface area (Å²) < 4.78 is 5.42. The highest BCUT2D eigenvalue weighted by Crippen LogP contribution is 2.30. The zero-order valence-corrected chi connectivity index (χ0v) is 13.8. The number of benzene rings is 1. The van der Waals surface area contributed by atoms with Gasteiger partial charge in [0.15, 0.2) is 0 Å². The minimum Gasteiger partial charge on any atom is -0.481 e. The maximum Gasteiger partial charge on any atom is 0.306 e. The zero-order valence-electron chi connectivity index (χ0n) is 13.8. The Morgan fingerprint density at radius 3 is 2.57 bits per heavy atom. The molecule has 1 aliphatic heterocycles. The summed E-state index contributed by atoms with van der Waals surface area (Å²) >= 11 is 0. The summed E-state index contributed by atoms with van der Waals surface area (Å²) in [5.41, 5.74) is 3.65. The number of rotatable bonds is 4. The monoisotopic (exact) mass is 318 g/mol. The zero-order chi connectivity index (χ0) is 16.2. The third kappa shape index (κ3) is 3.96. The van der Waals surface area contributed by atoms with Gasteiger partial charge < -0.3 is 20.1 Å². The average Bonchev–Trinajstić information content (AvgIpc) is 2.58. The molecule has 1 heterocycles. The highest BCUT2D eigenvalue weighted by atomic mass is 16.5. The quantitative estimate of drug-likeness (QED) is 0.894. The molecule has 0 amide bonds. The van der Waals surface area contributed by atoms with Gasteiger partial charge in [0.25, 0.3) is 0 Å². The molecular formula is C18H26N2O3. The van der Waals surface area contributed by atoms with Gasteiger partial charge in [-0.1, -0.05) is 6.07 Å². The number of morpholine rings is 1. The van der Waals surface area contributed by atoms with Gasteiger partial charge >= 0.3 is 5.97 Å². The summed E-state index contributed by atoms with van der Waals surface area (Å²) in [4.78, 5) is 13.4. The lowest BCUT2D eigenvalue weighted by molar-refractivity contribution is -0.142. The Morgan fingerprint density at radius 2 is 1.91 bits per heavy atom. The van der Waals surface area contributed by atoms with Crippen LogP contribution < -0.4 is 10.2 Å². The highest BCUT2D eigenvalue weighted by Gasteiger charge is 2.26. The van der Waals surface area contributed by atoms with Crippen molar-refractivity contribution in [1.82, 2.24) is 0 Å². The molecule has 2 aliphatic rings. The van der Waals surface area contributed by atoms with Crippen LogP contribution in [0.4, 0.5) is 11.4 Å². The SMILES string of the molecule is Cc1ccc(N2CCOCC2)cc1NC1CCC(C(=O)O)CC1. The van der Waals surface area contributed by atoms with Crippen molar-refractivity contribution >= 4 is 17.3 Å². The summed E-state index contributed by atoms with van der Waals surface area (Å²) in [7, 11) is 0. The van der Waals surface area contributed by atoms with E-state index in [0.29, 0.717) is 6.04 Å². The van der Waals surface area contributed by atoms with Crippen LogP contribution in [-0.2, 0) is 9.53 Å². The molecular weight excluding hydrogens is 292 g/mol. The minimum absolute atomic E-state index is 0.158. The van der Waals surface area contributed by atoms with Gasteiger partial charge in [0.05, 0.1) is 19.1 Å². The number of aliphatic carboxylic acids is 1. The van der Waals surface area contributed by atoms with E-state index in [-0.39, 0.29) is 5.92 Å². The van der Waals surface area contributed by atoms with E-state index in [1.165, 1.54) is 16.9 Å². The second-order valence-electron chi connectivity index (χ2n) is 6.63. The van der Waals surface area contributed by atoms with Crippen LogP contribution in [0.5, 0.6) is 0 Å². The van der Waals surface area contributed by atoms with E-state index in [9.17, 15) is 4.79 Å². The molecule has 1 aromatic carbocycles. The van der Waals surface area contributed by atoms with Crippen LogP contribution >= 0.6 is 0 Å². The van der Waals surface area contributed by atoms with Crippen LogP contribution in [-0.4, -0.2) is 43.4 Å². The van der Waals surface area contributed by atoms with Gasteiger partial charge in [-0.05, 0) is 50.3 Å². The number of carboxylic acids is 1. The van der Waals surface area contributed by atoms with Crippen molar-refractivity contribution in [2.75, 3.05) is 36.5 Å². The van der Waals surface area contributed by atoms with E-state index in [1.54, 1.807) is 0 Å². The van der Waals surface area contributed by atoms with E-state index < -0.39 is 5.97 Å². The van der Waals surface area contributed by atoms with Crippen molar-refractivity contribution < 1.29 is 14.6 Å². The van der Waals surface area contributed by atoms with E-state index in [1.807, 2.05) is 0 Å². The molecule has 2 fully saturated rings. The molecule has 1 saturated carbocycles. The largest absolute Gasteiger partial charge is 0.481 e. The fourth-order valence-electron chi connectivity index (χ4n) is 3.49. The van der Waals surface area contributed by atoms with Crippen LogP contribution in [0.25, 0.3) is 0 Å². The molecule has 126 valence electrons. The summed E-state index contributed by atoms with van der Waals surface area (Å²) in [5, 5.41) is 12.7. The minimum atomic E-state index is -0.644. The van der Waals surface area contributed by atoms with Gasteiger partial charge in [0.2, 0.25) is 0 Å². The Hall–Kier alpha value is -1.75. The molecule has 1 aromatic rings. The number of nitrogens with zero attached hydrogens (tertiary/aromatic N) is 1. The molecule has 0 spiro atoms. The molecule has 0 unspecified atom stereocenters. The average molecular weight is 318 g/mol. The molecule has 0 radical (unpaired) electrons. The van der Waals surface area contributed by atoms with Crippen molar-refractivity contribution in [3.05, 3.63) is 23.8 Å². The van der Waals surface area contributed by atoms with Gasteiger partial charge in [0, 0.05) is 30.5 Å². The number of carboxylic acid groups (broad SMARTS) is 1. The molecule has 0 bridgehead atoms. The molecule has 1 saturated heterocycles. The number of anilines is 2. The Balaban J connectivity index is 1.64. The molecule has 5 nitrogen and oxygen atoms in total. The lowest BCUT2D eigenvalue weighted by atomic mass is 9.86. The molecule has 1 aliphatic carbocycles. The van der Waals surface area contributed by atoms with Crippen LogP contribution in [0.1, 0.15) is 31.2 Å². The Labute approximate surface area is 137 Å². The number of nitrogens with one attached hydrogen (secondary N) is 1. The van der Waals surface area contributed by atoms with E-state index in [4.69, 9.17) is 9.84 Å². The fraction of sp³-hybridized carbons (Fsp3) is 0.611. The standard InChI is InChI=1S/C18H26N2O3/c1-13-2-7-16(20-8-10-23-11-9-20)12-17(13)19-15-5-3-14(4-6-15)18(21)22/h2,7,12,14-15,19H,3-6,8-11H2,1H3,(H,21,22). The third-order valence-corrected chi connectivity index (χ3v) is 5.03. The number of carbonyl (C=O) groups is 1. The first-order chi connectivity index (χ1) is 11.1. The predicted octanol–water partition coefficient (Wildman–Crippen LogP) is 2.89. The highest BCUT2D eigenvalue weighted by molar-refractivity contribution is 5.70. The van der Waals surface area contributed by atoms with E-state index in [2.05, 4.69) is 35.3 Å². The molecule has 2 N–H and O–H groups in total. The van der Waals surface area contributed by atoms with Crippen LogP contribution in [0, 0.1) is 12.8 Å². The van der Waals surface area contributed by atoms with Crippen molar-refractivity contribution in [3.63, 3.8) is 0 Å². The predicted molar refractivity (Wildman–Crippen MR) is 91.2 cm³/mol. The van der Waals surface area contributed by atoms with Gasteiger partial charge in [-0.3, -0.25) is 4.79 Å². The van der Waals surface area contributed by atoms with E-state index in [0.717, 1.165) is 52.0 Å². The third-order valence-electron chi connectivity index (χ3n) is 5.03. The summed E-state index contributed by atoms with van der Waals surface area (Å²) in [6.45, 7) is 5.57. The van der Waals surface area contributed by atoms with E-state index >= 15 is 0 Å². The van der Waals surface area contributed by atoms with Gasteiger partial charge in [0.1, 0.15) is 0 Å². The topological polar surface area (TPSA) is 61.8 Å². The van der Waals surface area contributed by atoms with Crippen molar-refractivity contribution in [2.24, 2.45) is 5.92 Å². The second kappa shape index (κ2) is 7.21. The van der Waals surface area contributed by atoms with Crippen LogP contribution in [0.15, 0.2) is 18.2 Å². The number of hydrogen-bond acceptors (Lipinski definition) is 4. The van der Waals surface area contributed by atoms with Crippen LogP contribution in [0.3, 0.4) is 0 Å². The summed E-state index contributed by atoms with van der Waals surface area (Å²) in [5.74, 6) is -0.803. The van der Waals surface area contributed by atoms with Gasteiger partial charge in [-0.25, -0.2) is 0 Å². The molecule has 23 heavy (non-hydrogen) atoms. The number of hydrogen-bond donors (Lipinski definition) is 2. The maximum atomic E-state index is 11.1. The number of aryl methyl sites for hydroxylation is 1. The molecule has 0 aromatic heterocycles. The Bertz CT molecular complexity index is 547. The van der Waals surface area contributed by atoms with Crippen molar-refractivity contribution in [3.8, 4) is 0 Å². The van der Waals surface area contributed by atoms with Gasteiger partial charge in [-0.2, -0.15) is 0 Å². The summed E-state index contributed by atoms with van der Waals surface area (Å²) in [6, 6.07) is 6.94. The first-order valence-corrected chi connectivity index (χ1v) is 8.56. The van der Waals surface area contributed by atoms with Crippen molar-refractivity contribution in [2.45, 2.75) is 38.6 Å². The van der Waals surface area contributed by atoms with Crippen molar-refractivity contribution in [1.29, 1.82) is 0 Å². The number of ether oxygens (including phenoxy) is 1. The van der Waals surface area contributed by atoms with Gasteiger partial charge in [-0.15, -0.1) is 0 Å². The normalized spacial score (nSPS) is 25.2. The lowest BCUT2D eigenvalue weighted by Gasteiger charge is -2.31. The second-order valence-corrected chi connectivity index (χ2v) is 6.63. The first-order valence-electron chi connectivity index (χ1n) is 8.56. The Morgan fingerprint density at radius 1 is 1.22 bits per heavy atom. The first kappa shape index (κ1) is 16.1. The molecule has 3 rings (SSSR count). The van der Waals surface area contributed by atoms with Crippen LogP contribution in [0.2, 0.25) is 0 Å². The molecule has 5 heteroatoms. The molecule has 0 atom stereocenters. The Kier molecular flexibility index (Phi) is 5.06. The summed E-state index contributed by atoms with van der Waals surface area (Å²) in [6.07, 6.45) is 3.40. The lowest BCUT2D eigenvalue weighted by Crippen LogP contribution is -2.36. The fourth-order valence-corrected chi connectivity index (χ4v) is 3.49.